The van der Waals surface area contributed by atoms with E-state index in [4.69, 9.17) is 0 Å². The second-order valence-corrected chi connectivity index (χ2v) is 7.46. The summed E-state index contributed by atoms with van der Waals surface area (Å²) in [6, 6.07) is 11.3. The van der Waals surface area contributed by atoms with Crippen LogP contribution in [0.4, 0.5) is 25.3 Å². The Morgan fingerprint density at radius 2 is 1.92 bits per heavy atom. The lowest BCUT2D eigenvalue weighted by molar-refractivity contribution is -0.114. The summed E-state index contributed by atoms with van der Waals surface area (Å²) in [6.45, 7) is 1.44. The SMILES string of the molecule is CC(=O)Nc1cccc(Nc2nnc(SCc3cccc(F)c3F)s2)c1. The highest BCUT2D eigenvalue weighted by Gasteiger charge is 2.10. The Labute approximate surface area is 156 Å². The quantitative estimate of drug-likeness (QED) is 0.589. The van der Waals surface area contributed by atoms with Gasteiger partial charge in [0.2, 0.25) is 11.0 Å². The van der Waals surface area contributed by atoms with Gasteiger partial charge in [-0.15, -0.1) is 10.2 Å². The van der Waals surface area contributed by atoms with E-state index < -0.39 is 11.6 Å². The molecule has 26 heavy (non-hydrogen) atoms. The van der Waals surface area contributed by atoms with E-state index in [1.165, 1.54) is 36.1 Å². The van der Waals surface area contributed by atoms with Crippen LogP contribution in [-0.2, 0) is 10.5 Å². The summed E-state index contributed by atoms with van der Waals surface area (Å²) in [7, 11) is 0. The zero-order valence-corrected chi connectivity index (χ0v) is 15.3. The number of carbonyl (C=O) groups is 1. The molecule has 3 rings (SSSR count). The number of carbonyl (C=O) groups excluding carboxylic acids is 1. The van der Waals surface area contributed by atoms with Gasteiger partial charge >= 0.3 is 0 Å². The Hall–Kier alpha value is -2.52. The van der Waals surface area contributed by atoms with Crippen LogP contribution in [0.2, 0.25) is 0 Å². The molecule has 0 spiro atoms. The number of thioether (sulfide) groups is 1. The van der Waals surface area contributed by atoms with Crippen LogP contribution in [0.1, 0.15) is 12.5 Å². The molecule has 0 unspecified atom stereocenters. The van der Waals surface area contributed by atoms with Crippen molar-refractivity contribution in [3.63, 3.8) is 0 Å². The number of halogens is 2. The molecule has 0 radical (unpaired) electrons. The molecule has 0 saturated carbocycles. The van der Waals surface area contributed by atoms with Gasteiger partial charge in [-0.25, -0.2) is 8.78 Å². The maximum absolute atomic E-state index is 13.7. The fourth-order valence-corrected chi connectivity index (χ4v) is 3.87. The molecule has 134 valence electrons. The number of amides is 1. The highest BCUT2D eigenvalue weighted by Crippen LogP contribution is 2.31. The van der Waals surface area contributed by atoms with Crippen LogP contribution < -0.4 is 10.6 Å². The molecular formula is C17H14F2N4OS2. The summed E-state index contributed by atoms with van der Waals surface area (Å²) in [4.78, 5) is 11.1. The van der Waals surface area contributed by atoms with E-state index in [1.807, 2.05) is 6.07 Å². The topological polar surface area (TPSA) is 66.9 Å². The van der Waals surface area contributed by atoms with Gasteiger partial charge in [-0.1, -0.05) is 41.3 Å². The van der Waals surface area contributed by atoms with Crippen LogP contribution in [0, 0.1) is 11.6 Å². The zero-order valence-electron chi connectivity index (χ0n) is 13.6. The average molecular weight is 392 g/mol. The Bertz CT molecular complexity index is 933. The maximum atomic E-state index is 13.7. The average Bonchev–Trinajstić information content (AvgIpc) is 3.03. The molecule has 2 aromatic carbocycles. The molecule has 0 aliphatic heterocycles. The fourth-order valence-electron chi connectivity index (χ4n) is 2.12. The standard InChI is InChI=1S/C17H14F2N4OS2/c1-10(24)20-12-5-3-6-13(8-12)21-16-22-23-17(26-16)25-9-11-4-2-7-14(18)15(11)19/h2-8H,9H2,1H3,(H,20,24)(H,21,22). The first-order chi connectivity index (χ1) is 12.5. The van der Waals surface area contributed by atoms with Crippen LogP contribution in [0.15, 0.2) is 46.8 Å². The highest BCUT2D eigenvalue weighted by molar-refractivity contribution is 8.00. The molecule has 0 aliphatic carbocycles. The third-order valence-corrected chi connectivity index (χ3v) is 5.24. The third-order valence-electron chi connectivity index (χ3n) is 3.22. The van der Waals surface area contributed by atoms with Gasteiger partial charge in [-0.3, -0.25) is 4.79 Å². The lowest BCUT2D eigenvalue weighted by Crippen LogP contribution is -2.05. The van der Waals surface area contributed by atoms with Crippen molar-refractivity contribution in [1.82, 2.24) is 10.2 Å². The predicted molar refractivity (Wildman–Crippen MR) is 99.9 cm³/mol. The number of benzene rings is 2. The number of rotatable bonds is 6. The molecule has 1 heterocycles. The summed E-state index contributed by atoms with van der Waals surface area (Å²) in [5.41, 5.74) is 1.70. The normalized spacial score (nSPS) is 10.6. The summed E-state index contributed by atoms with van der Waals surface area (Å²) >= 11 is 2.58. The predicted octanol–water partition coefficient (Wildman–Crippen LogP) is 4.81. The van der Waals surface area contributed by atoms with Crippen molar-refractivity contribution in [2.45, 2.75) is 17.0 Å². The van der Waals surface area contributed by atoms with E-state index >= 15 is 0 Å². The molecule has 3 aromatic rings. The van der Waals surface area contributed by atoms with Crippen LogP contribution in [0.25, 0.3) is 0 Å². The highest BCUT2D eigenvalue weighted by atomic mass is 32.2. The van der Waals surface area contributed by atoms with Crippen molar-refractivity contribution in [2.24, 2.45) is 0 Å². The van der Waals surface area contributed by atoms with Crippen molar-refractivity contribution in [3.8, 4) is 0 Å². The van der Waals surface area contributed by atoms with Crippen LogP contribution in [0.5, 0.6) is 0 Å². The van der Waals surface area contributed by atoms with Gasteiger partial charge in [-0.2, -0.15) is 0 Å². The first kappa shape index (κ1) is 18.3. The molecule has 1 aromatic heterocycles. The molecule has 0 fully saturated rings. The first-order valence-electron chi connectivity index (χ1n) is 7.55. The van der Waals surface area contributed by atoms with E-state index in [0.717, 1.165) is 11.8 Å². The number of hydrogen-bond acceptors (Lipinski definition) is 6. The minimum Gasteiger partial charge on any atom is -0.330 e. The summed E-state index contributed by atoms with van der Waals surface area (Å²) in [5, 5.41) is 14.4. The van der Waals surface area contributed by atoms with Crippen LogP contribution >= 0.6 is 23.1 Å². The molecule has 2 N–H and O–H groups in total. The fraction of sp³-hybridized carbons (Fsp3) is 0.118. The van der Waals surface area contributed by atoms with Gasteiger partial charge in [0, 0.05) is 29.6 Å². The van der Waals surface area contributed by atoms with E-state index in [0.29, 0.717) is 15.2 Å². The molecular weight excluding hydrogens is 378 g/mol. The molecule has 0 aliphatic rings. The third kappa shape index (κ3) is 4.77. The minimum atomic E-state index is -0.859. The Morgan fingerprint density at radius 3 is 2.73 bits per heavy atom. The number of hydrogen-bond donors (Lipinski definition) is 2. The van der Waals surface area contributed by atoms with E-state index in [1.54, 1.807) is 24.3 Å². The monoisotopic (exact) mass is 392 g/mol. The van der Waals surface area contributed by atoms with Gasteiger partial charge in [0.1, 0.15) is 0 Å². The van der Waals surface area contributed by atoms with Gasteiger partial charge < -0.3 is 10.6 Å². The Kier molecular flexibility index (Phi) is 5.79. The molecule has 5 nitrogen and oxygen atoms in total. The second kappa shape index (κ2) is 8.24. The van der Waals surface area contributed by atoms with Crippen molar-refractivity contribution in [1.29, 1.82) is 0 Å². The second-order valence-electron chi connectivity index (χ2n) is 5.26. The zero-order chi connectivity index (χ0) is 18.5. The lowest BCUT2D eigenvalue weighted by atomic mass is 10.2. The largest absolute Gasteiger partial charge is 0.330 e. The molecule has 0 saturated heterocycles. The number of aromatic nitrogens is 2. The Morgan fingerprint density at radius 1 is 1.15 bits per heavy atom. The van der Waals surface area contributed by atoms with Gasteiger partial charge in [0.25, 0.3) is 0 Å². The minimum absolute atomic E-state index is 0.152. The van der Waals surface area contributed by atoms with Crippen LogP contribution in [-0.4, -0.2) is 16.1 Å². The van der Waals surface area contributed by atoms with Crippen molar-refractivity contribution in [2.75, 3.05) is 10.6 Å². The molecule has 0 atom stereocenters. The van der Waals surface area contributed by atoms with Crippen molar-refractivity contribution in [3.05, 3.63) is 59.7 Å². The van der Waals surface area contributed by atoms with Gasteiger partial charge in [0.15, 0.2) is 16.0 Å². The van der Waals surface area contributed by atoms with E-state index in [9.17, 15) is 13.6 Å². The smallest absolute Gasteiger partial charge is 0.221 e. The summed E-state index contributed by atoms with van der Waals surface area (Å²) in [6.07, 6.45) is 0. The van der Waals surface area contributed by atoms with Gasteiger partial charge in [0.05, 0.1) is 0 Å². The molecule has 9 heteroatoms. The van der Waals surface area contributed by atoms with E-state index in [-0.39, 0.29) is 17.2 Å². The van der Waals surface area contributed by atoms with Crippen molar-refractivity contribution < 1.29 is 13.6 Å². The number of anilines is 3. The summed E-state index contributed by atoms with van der Waals surface area (Å²) < 4.78 is 27.5. The van der Waals surface area contributed by atoms with Crippen molar-refractivity contribution >= 4 is 45.5 Å². The number of nitrogens with one attached hydrogen (secondary N) is 2. The Balaban J connectivity index is 1.63. The van der Waals surface area contributed by atoms with E-state index in [2.05, 4.69) is 20.8 Å². The lowest BCUT2D eigenvalue weighted by Gasteiger charge is -2.05. The maximum Gasteiger partial charge on any atom is 0.221 e. The van der Waals surface area contributed by atoms with Gasteiger partial charge in [-0.05, 0) is 24.3 Å². The first-order valence-corrected chi connectivity index (χ1v) is 9.35. The molecule has 0 bridgehead atoms. The molecule has 1 amide bonds. The summed E-state index contributed by atoms with van der Waals surface area (Å²) in [5.74, 6) is -1.59. The van der Waals surface area contributed by atoms with Crippen LogP contribution in [0.3, 0.4) is 0 Å². The number of nitrogens with zero attached hydrogens (tertiary/aromatic N) is 2.